The van der Waals surface area contributed by atoms with E-state index < -0.39 is 0 Å². The first kappa shape index (κ1) is 17.8. The van der Waals surface area contributed by atoms with Crippen molar-refractivity contribution in [2.75, 3.05) is 37.0 Å². The van der Waals surface area contributed by atoms with Gasteiger partial charge in [0.25, 0.3) is 0 Å². The first-order chi connectivity index (χ1) is 12.6. The first-order valence-corrected chi connectivity index (χ1v) is 8.68. The second-order valence-electron chi connectivity index (χ2n) is 6.22. The molecular weight excluding hydrogens is 330 g/mol. The van der Waals surface area contributed by atoms with E-state index in [4.69, 9.17) is 4.74 Å². The van der Waals surface area contributed by atoms with Gasteiger partial charge in [-0.1, -0.05) is 12.1 Å². The fraction of sp³-hybridized carbons (Fsp3) is 0.300. The summed E-state index contributed by atoms with van der Waals surface area (Å²) in [7, 11) is 1.63. The average molecular weight is 353 g/mol. The van der Waals surface area contributed by atoms with Gasteiger partial charge in [0, 0.05) is 30.9 Å². The normalized spacial score (nSPS) is 13.9. The topological polar surface area (TPSA) is 70.7 Å². The molecule has 0 atom stereocenters. The van der Waals surface area contributed by atoms with Gasteiger partial charge in [0.2, 0.25) is 11.8 Å². The van der Waals surface area contributed by atoms with E-state index in [2.05, 4.69) is 10.6 Å². The maximum absolute atomic E-state index is 12.2. The Morgan fingerprint density at radius 2 is 2.04 bits per heavy atom. The quantitative estimate of drug-likeness (QED) is 0.835. The molecule has 1 fully saturated rings. The Balaban J connectivity index is 1.51. The molecule has 1 aliphatic rings. The van der Waals surface area contributed by atoms with Gasteiger partial charge in [0.05, 0.1) is 13.7 Å². The molecule has 2 amide bonds. The molecule has 0 radical (unpaired) electrons. The van der Waals surface area contributed by atoms with Crippen LogP contribution in [0.1, 0.15) is 12.0 Å². The second-order valence-corrected chi connectivity index (χ2v) is 6.22. The van der Waals surface area contributed by atoms with Crippen molar-refractivity contribution in [1.82, 2.24) is 5.32 Å². The van der Waals surface area contributed by atoms with Gasteiger partial charge in [-0.25, -0.2) is 0 Å². The lowest BCUT2D eigenvalue weighted by Crippen LogP contribution is -2.47. The van der Waals surface area contributed by atoms with Gasteiger partial charge in [-0.05, 0) is 48.4 Å². The molecule has 1 saturated heterocycles. The number of hydrogen-bond acceptors (Lipinski definition) is 4. The van der Waals surface area contributed by atoms with E-state index in [1.54, 1.807) is 7.11 Å². The lowest BCUT2D eigenvalue weighted by molar-refractivity contribution is -0.120. The molecule has 2 aromatic rings. The highest BCUT2D eigenvalue weighted by atomic mass is 16.5. The van der Waals surface area contributed by atoms with Gasteiger partial charge < -0.3 is 20.3 Å². The largest absolute Gasteiger partial charge is 0.497 e. The van der Waals surface area contributed by atoms with Crippen LogP contribution in [0.5, 0.6) is 5.75 Å². The zero-order chi connectivity index (χ0) is 18.4. The highest BCUT2D eigenvalue weighted by Crippen LogP contribution is 2.19. The van der Waals surface area contributed by atoms with Crippen molar-refractivity contribution in [3.63, 3.8) is 0 Å². The molecule has 0 spiro atoms. The number of aryl methyl sites for hydroxylation is 1. The van der Waals surface area contributed by atoms with Crippen molar-refractivity contribution in [2.24, 2.45) is 0 Å². The van der Waals surface area contributed by atoms with Crippen LogP contribution in [0.4, 0.5) is 11.4 Å². The first-order valence-electron chi connectivity index (χ1n) is 8.68. The number of hydrogen-bond donors (Lipinski definition) is 2. The van der Waals surface area contributed by atoms with Crippen LogP contribution in [0.2, 0.25) is 0 Å². The molecular formula is C20H23N3O3. The number of methoxy groups -OCH3 is 1. The Labute approximate surface area is 153 Å². The van der Waals surface area contributed by atoms with Crippen LogP contribution in [0, 0.1) is 0 Å². The number of nitrogens with one attached hydrogen (secondary N) is 2. The zero-order valence-corrected chi connectivity index (χ0v) is 14.8. The SMILES string of the molecule is COc1cccc(CCC(=O)Nc2ccc(N3CCNC(=O)C3)cc2)c1. The number of anilines is 2. The van der Waals surface area contributed by atoms with Crippen LogP contribution in [0.3, 0.4) is 0 Å². The standard InChI is InChI=1S/C20H23N3O3/c1-26-18-4-2-3-15(13-18)5-10-19(24)22-16-6-8-17(9-7-16)23-12-11-21-20(25)14-23/h2-4,6-9,13H,5,10-12,14H2,1H3,(H,21,25)(H,22,24). The summed E-state index contributed by atoms with van der Waals surface area (Å²) in [4.78, 5) is 25.7. The van der Waals surface area contributed by atoms with Gasteiger partial charge in [0.15, 0.2) is 0 Å². The number of ether oxygens (including phenoxy) is 1. The highest BCUT2D eigenvalue weighted by Gasteiger charge is 2.16. The number of carbonyl (C=O) groups excluding carboxylic acids is 2. The Hall–Kier alpha value is -3.02. The lowest BCUT2D eigenvalue weighted by Gasteiger charge is -2.28. The molecule has 1 aliphatic heterocycles. The Kier molecular flexibility index (Phi) is 5.73. The van der Waals surface area contributed by atoms with Gasteiger partial charge in [0.1, 0.15) is 5.75 Å². The molecule has 0 saturated carbocycles. The van der Waals surface area contributed by atoms with E-state index in [0.29, 0.717) is 25.9 Å². The molecule has 3 rings (SSSR count). The molecule has 26 heavy (non-hydrogen) atoms. The minimum absolute atomic E-state index is 0.0297. The summed E-state index contributed by atoms with van der Waals surface area (Å²) >= 11 is 0. The number of nitrogens with zero attached hydrogens (tertiary/aromatic N) is 1. The van der Waals surface area contributed by atoms with E-state index in [-0.39, 0.29) is 11.8 Å². The predicted molar refractivity (Wildman–Crippen MR) is 102 cm³/mol. The summed E-state index contributed by atoms with van der Waals surface area (Å²) in [6, 6.07) is 15.3. The molecule has 2 N–H and O–H groups in total. The molecule has 2 aromatic carbocycles. The summed E-state index contributed by atoms with van der Waals surface area (Å²) < 4.78 is 5.20. The minimum Gasteiger partial charge on any atom is -0.497 e. The predicted octanol–water partition coefficient (Wildman–Crippen LogP) is 2.20. The molecule has 0 unspecified atom stereocenters. The van der Waals surface area contributed by atoms with Gasteiger partial charge in [-0.3, -0.25) is 9.59 Å². The third-order valence-electron chi connectivity index (χ3n) is 4.33. The summed E-state index contributed by atoms with van der Waals surface area (Å²) in [5, 5.41) is 5.72. The van der Waals surface area contributed by atoms with Crippen molar-refractivity contribution in [3.8, 4) is 5.75 Å². The molecule has 0 bridgehead atoms. The van der Waals surface area contributed by atoms with Crippen molar-refractivity contribution in [1.29, 1.82) is 0 Å². The molecule has 0 aliphatic carbocycles. The number of rotatable bonds is 6. The van der Waals surface area contributed by atoms with Crippen molar-refractivity contribution >= 4 is 23.2 Å². The molecule has 6 heteroatoms. The van der Waals surface area contributed by atoms with Crippen LogP contribution in [-0.4, -0.2) is 38.6 Å². The van der Waals surface area contributed by atoms with E-state index in [0.717, 1.165) is 29.2 Å². The minimum atomic E-state index is -0.0297. The summed E-state index contributed by atoms with van der Waals surface area (Å²) in [5.41, 5.74) is 2.80. The maximum atomic E-state index is 12.2. The number of piperazine rings is 1. The van der Waals surface area contributed by atoms with Gasteiger partial charge in [-0.15, -0.1) is 0 Å². The van der Waals surface area contributed by atoms with Gasteiger partial charge >= 0.3 is 0 Å². The van der Waals surface area contributed by atoms with Crippen LogP contribution in [-0.2, 0) is 16.0 Å². The molecule has 1 heterocycles. The van der Waals surface area contributed by atoms with E-state index in [9.17, 15) is 9.59 Å². The fourth-order valence-corrected chi connectivity index (χ4v) is 2.92. The smallest absolute Gasteiger partial charge is 0.239 e. The molecule has 6 nitrogen and oxygen atoms in total. The maximum Gasteiger partial charge on any atom is 0.239 e. The fourth-order valence-electron chi connectivity index (χ4n) is 2.92. The van der Waals surface area contributed by atoms with E-state index in [1.807, 2.05) is 53.4 Å². The summed E-state index contributed by atoms with van der Waals surface area (Å²) in [5.74, 6) is 0.800. The number of amides is 2. The van der Waals surface area contributed by atoms with Gasteiger partial charge in [-0.2, -0.15) is 0 Å². The third-order valence-corrected chi connectivity index (χ3v) is 4.33. The highest BCUT2D eigenvalue weighted by molar-refractivity contribution is 5.91. The Morgan fingerprint density at radius 3 is 2.77 bits per heavy atom. The van der Waals surface area contributed by atoms with Crippen molar-refractivity contribution in [2.45, 2.75) is 12.8 Å². The average Bonchev–Trinajstić information content (AvgIpc) is 2.67. The monoisotopic (exact) mass is 353 g/mol. The van der Waals surface area contributed by atoms with Crippen molar-refractivity contribution in [3.05, 3.63) is 54.1 Å². The summed E-state index contributed by atoms with van der Waals surface area (Å²) in [6.07, 6.45) is 1.06. The Bertz CT molecular complexity index is 774. The third kappa shape index (κ3) is 4.75. The van der Waals surface area contributed by atoms with Crippen LogP contribution in [0.15, 0.2) is 48.5 Å². The molecule has 0 aromatic heterocycles. The summed E-state index contributed by atoms with van der Waals surface area (Å²) in [6.45, 7) is 1.81. The zero-order valence-electron chi connectivity index (χ0n) is 14.8. The lowest BCUT2D eigenvalue weighted by atomic mass is 10.1. The Morgan fingerprint density at radius 1 is 1.23 bits per heavy atom. The van der Waals surface area contributed by atoms with Crippen molar-refractivity contribution < 1.29 is 14.3 Å². The van der Waals surface area contributed by atoms with E-state index >= 15 is 0 Å². The number of carbonyl (C=O) groups is 2. The van der Waals surface area contributed by atoms with E-state index in [1.165, 1.54) is 0 Å². The van der Waals surface area contributed by atoms with Crippen LogP contribution >= 0.6 is 0 Å². The van der Waals surface area contributed by atoms with Crippen LogP contribution in [0.25, 0.3) is 0 Å². The number of benzene rings is 2. The van der Waals surface area contributed by atoms with Crippen LogP contribution < -0.4 is 20.3 Å². The second kappa shape index (κ2) is 8.38. The molecule has 136 valence electrons.